The summed E-state index contributed by atoms with van der Waals surface area (Å²) in [5.74, 6) is 1.74. The van der Waals surface area contributed by atoms with E-state index in [-0.39, 0.29) is 12.4 Å². The Bertz CT molecular complexity index is 344. The van der Waals surface area contributed by atoms with Crippen molar-refractivity contribution in [2.24, 2.45) is 0 Å². The molecule has 0 radical (unpaired) electrons. The number of rotatable bonds is 4. The summed E-state index contributed by atoms with van der Waals surface area (Å²) < 4.78 is 10.6. The molecule has 1 aromatic rings. The smallest absolute Gasteiger partial charge is 0.231 e. The Balaban J connectivity index is 0.00000128. The van der Waals surface area contributed by atoms with E-state index >= 15 is 0 Å². The van der Waals surface area contributed by atoms with Gasteiger partial charge in [-0.25, -0.2) is 0 Å². The van der Waals surface area contributed by atoms with Gasteiger partial charge in [0.25, 0.3) is 0 Å². The average Bonchev–Trinajstić information content (AvgIpc) is 2.72. The van der Waals surface area contributed by atoms with Gasteiger partial charge in [0.05, 0.1) is 0 Å². The van der Waals surface area contributed by atoms with Gasteiger partial charge in [0.15, 0.2) is 11.5 Å². The molecular formula is C12H18ClNO2. The van der Waals surface area contributed by atoms with Gasteiger partial charge in [-0.2, -0.15) is 0 Å². The van der Waals surface area contributed by atoms with E-state index in [2.05, 4.69) is 24.4 Å². The van der Waals surface area contributed by atoms with E-state index in [9.17, 15) is 0 Å². The first-order valence-corrected chi connectivity index (χ1v) is 5.35. The number of fused-ring (bicyclic) bond motifs is 1. The lowest BCUT2D eigenvalue weighted by atomic mass is 10.1. The van der Waals surface area contributed by atoms with Crippen LogP contribution in [-0.2, 0) is 6.42 Å². The van der Waals surface area contributed by atoms with Gasteiger partial charge in [-0.05, 0) is 44.5 Å². The standard InChI is InChI=1S/C12H17NO2.ClH/c1-9(13-2)3-4-10-5-6-11-12(7-10)15-8-14-11;/h5-7,9,13H,3-4,8H2,1-2H3;1H. The van der Waals surface area contributed by atoms with Crippen molar-refractivity contribution < 1.29 is 9.47 Å². The summed E-state index contributed by atoms with van der Waals surface area (Å²) in [6.45, 7) is 2.54. The lowest BCUT2D eigenvalue weighted by Gasteiger charge is -2.09. The molecule has 16 heavy (non-hydrogen) atoms. The Hall–Kier alpha value is -0.930. The molecule has 1 N–H and O–H groups in total. The summed E-state index contributed by atoms with van der Waals surface area (Å²) in [5.41, 5.74) is 1.31. The monoisotopic (exact) mass is 243 g/mol. The lowest BCUT2D eigenvalue weighted by molar-refractivity contribution is 0.174. The third-order valence-corrected chi connectivity index (χ3v) is 2.80. The zero-order chi connectivity index (χ0) is 10.7. The molecule has 1 aromatic carbocycles. The summed E-state index contributed by atoms with van der Waals surface area (Å²) in [4.78, 5) is 0. The Labute approximate surface area is 103 Å². The van der Waals surface area contributed by atoms with Crippen molar-refractivity contribution in [2.75, 3.05) is 13.8 Å². The van der Waals surface area contributed by atoms with E-state index in [0.717, 1.165) is 24.3 Å². The highest BCUT2D eigenvalue weighted by atomic mass is 35.5. The molecule has 3 nitrogen and oxygen atoms in total. The first-order chi connectivity index (χ1) is 7.29. The van der Waals surface area contributed by atoms with Crippen LogP contribution in [0.4, 0.5) is 0 Å². The van der Waals surface area contributed by atoms with Crippen molar-refractivity contribution >= 4 is 12.4 Å². The SMILES string of the molecule is CNC(C)CCc1ccc2c(c1)OCO2.Cl. The predicted molar refractivity (Wildman–Crippen MR) is 66.7 cm³/mol. The Kier molecular flexibility index (Phi) is 4.90. The fraction of sp³-hybridized carbons (Fsp3) is 0.500. The van der Waals surface area contributed by atoms with Gasteiger partial charge in [0.2, 0.25) is 6.79 Å². The maximum absolute atomic E-state index is 5.33. The molecule has 4 heteroatoms. The summed E-state index contributed by atoms with van der Waals surface area (Å²) in [5, 5.41) is 3.23. The van der Waals surface area contributed by atoms with Gasteiger partial charge < -0.3 is 14.8 Å². The van der Waals surface area contributed by atoms with Crippen molar-refractivity contribution in [2.45, 2.75) is 25.8 Å². The average molecular weight is 244 g/mol. The Morgan fingerprint density at radius 1 is 1.31 bits per heavy atom. The van der Waals surface area contributed by atoms with Crippen LogP contribution in [0.2, 0.25) is 0 Å². The highest BCUT2D eigenvalue weighted by molar-refractivity contribution is 5.85. The summed E-state index contributed by atoms with van der Waals surface area (Å²) in [7, 11) is 1.99. The minimum atomic E-state index is 0. The lowest BCUT2D eigenvalue weighted by Crippen LogP contribution is -2.21. The largest absolute Gasteiger partial charge is 0.454 e. The molecule has 0 fully saturated rings. The van der Waals surface area contributed by atoms with Gasteiger partial charge in [-0.15, -0.1) is 12.4 Å². The number of halogens is 1. The number of hydrogen-bond donors (Lipinski definition) is 1. The molecular weight excluding hydrogens is 226 g/mol. The first-order valence-electron chi connectivity index (χ1n) is 5.35. The van der Waals surface area contributed by atoms with Crippen LogP contribution in [-0.4, -0.2) is 19.9 Å². The van der Waals surface area contributed by atoms with Gasteiger partial charge in [-0.1, -0.05) is 6.07 Å². The second-order valence-electron chi connectivity index (χ2n) is 3.92. The molecule has 0 saturated heterocycles. The van der Waals surface area contributed by atoms with Crippen LogP contribution in [0, 0.1) is 0 Å². The van der Waals surface area contributed by atoms with Crippen molar-refractivity contribution in [1.82, 2.24) is 5.32 Å². The molecule has 0 amide bonds. The van der Waals surface area contributed by atoms with E-state index in [0.29, 0.717) is 12.8 Å². The summed E-state index contributed by atoms with van der Waals surface area (Å²) in [6, 6.07) is 6.72. The second-order valence-corrected chi connectivity index (χ2v) is 3.92. The highest BCUT2D eigenvalue weighted by Gasteiger charge is 2.13. The van der Waals surface area contributed by atoms with Crippen molar-refractivity contribution in [3.63, 3.8) is 0 Å². The van der Waals surface area contributed by atoms with Crippen LogP contribution < -0.4 is 14.8 Å². The number of nitrogens with one attached hydrogen (secondary N) is 1. The highest BCUT2D eigenvalue weighted by Crippen LogP contribution is 2.32. The molecule has 2 rings (SSSR count). The fourth-order valence-electron chi connectivity index (χ4n) is 1.62. The van der Waals surface area contributed by atoms with Crippen molar-refractivity contribution in [1.29, 1.82) is 0 Å². The fourth-order valence-corrected chi connectivity index (χ4v) is 1.62. The Morgan fingerprint density at radius 2 is 2.06 bits per heavy atom. The van der Waals surface area contributed by atoms with Gasteiger partial charge in [0, 0.05) is 6.04 Å². The minimum absolute atomic E-state index is 0. The predicted octanol–water partition coefficient (Wildman–Crippen LogP) is 2.38. The van der Waals surface area contributed by atoms with Crippen LogP contribution >= 0.6 is 12.4 Å². The zero-order valence-electron chi connectivity index (χ0n) is 9.66. The van der Waals surface area contributed by atoms with Crippen LogP contribution in [0.5, 0.6) is 11.5 Å². The van der Waals surface area contributed by atoms with E-state index in [4.69, 9.17) is 9.47 Å². The van der Waals surface area contributed by atoms with Crippen LogP contribution in [0.25, 0.3) is 0 Å². The van der Waals surface area contributed by atoms with Crippen LogP contribution in [0.1, 0.15) is 18.9 Å². The normalized spacial score (nSPS) is 14.4. The number of hydrogen-bond acceptors (Lipinski definition) is 3. The van der Waals surface area contributed by atoms with Gasteiger partial charge >= 0.3 is 0 Å². The minimum Gasteiger partial charge on any atom is -0.454 e. The molecule has 1 unspecified atom stereocenters. The Morgan fingerprint density at radius 3 is 2.81 bits per heavy atom. The van der Waals surface area contributed by atoms with Crippen molar-refractivity contribution in [3.8, 4) is 11.5 Å². The van der Waals surface area contributed by atoms with E-state index in [1.54, 1.807) is 0 Å². The maximum atomic E-state index is 5.33. The molecule has 1 aliphatic rings. The van der Waals surface area contributed by atoms with E-state index in [1.807, 2.05) is 13.1 Å². The second kappa shape index (κ2) is 5.97. The first kappa shape index (κ1) is 13.1. The topological polar surface area (TPSA) is 30.5 Å². The van der Waals surface area contributed by atoms with Gasteiger partial charge in [-0.3, -0.25) is 0 Å². The molecule has 1 heterocycles. The maximum Gasteiger partial charge on any atom is 0.231 e. The number of aryl methyl sites for hydroxylation is 1. The summed E-state index contributed by atoms with van der Waals surface area (Å²) >= 11 is 0. The third kappa shape index (κ3) is 3.03. The molecule has 90 valence electrons. The molecule has 0 aliphatic carbocycles. The van der Waals surface area contributed by atoms with Crippen molar-refractivity contribution in [3.05, 3.63) is 23.8 Å². The molecule has 0 aromatic heterocycles. The molecule has 0 spiro atoms. The van der Waals surface area contributed by atoms with Crippen LogP contribution in [0.3, 0.4) is 0 Å². The quantitative estimate of drug-likeness (QED) is 0.881. The van der Waals surface area contributed by atoms with E-state index < -0.39 is 0 Å². The molecule has 1 aliphatic heterocycles. The van der Waals surface area contributed by atoms with Crippen LogP contribution in [0.15, 0.2) is 18.2 Å². The van der Waals surface area contributed by atoms with Gasteiger partial charge in [0.1, 0.15) is 0 Å². The summed E-state index contributed by atoms with van der Waals surface area (Å²) in [6.07, 6.45) is 2.20. The molecule has 1 atom stereocenters. The van der Waals surface area contributed by atoms with E-state index in [1.165, 1.54) is 5.56 Å². The zero-order valence-corrected chi connectivity index (χ0v) is 10.5. The number of benzene rings is 1. The number of ether oxygens (including phenoxy) is 2. The molecule has 0 saturated carbocycles. The third-order valence-electron chi connectivity index (χ3n) is 2.80. The molecule has 0 bridgehead atoms.